The zero-order valence-electron chi connectivity index (χ0n) is 14.0. The van der Waals surface area contributed by atoms with E-state index in [-0.39, 0.29) is 6.04 Å². The van der Waals surface area contributed by atoms with Gasteiger partial charge < -0.3 is 14.8 Å². The third-order valence-corrected chi connectivity index (χ3v) is 4.46. The lowest BCUT2D eigenvalue weighted by molar-refractivity contribution is 0.0657. The Balaban J connectivity index is 1.76. The second-order valence-corrected chi connectivity index (χ2v) is 5.92. The molecule has 0 spiro atoms. The lowest BCUT2D eigenvalue weighted by atomic mass is 10.1. The molecule has 6 heteroatoms. The summed E-state index contributed by atoms with van der Waals surface area (Å²) in [4.78, 5) is 4.11. The molecule has 0 amide bonds. The largest absolute Gasteiger partial charge is 0.495 e. The average molecular weight is 316 g/mol. The molecule has 0 saturated carbocycles. The summed E-state index contributed by atoms with van der Waals surface area (Å²) in [7, 11) is 1.67. The van der Waals surface area contributed by atoms with Crippen LogP contribution in [0.25, 0.3) is 0 Å². The summed E-state index contributed by atoms with van der Waals surface area (Å²) in [6.45, 7) is 5.86. The Morgan fingerprint density at radius 2 is 2.13 bits per heavy atom. The van der Waals surface area contributed by atoms with Gasteiger partial charge in [0.15, 0.2) is 0 Å². The molecule has 23 heavy (non-hydrogen) atoms. The van der Waals surface area contributed by atoms with E-state index in [1.54, 1.807) is 19.5 Å². The van der Waals surface area contributed by atoms with Crippen molar-refractivity contribution < 1.29 is 9.47 Å². The highest BCUT2D eigenvalue weighted by Crippen LogP contribution is 2.30. The van der Waals surface area contributed by atoms with E-state index in [0.717, 1.165) is 48.7 Å². The Morgan fingerprint density at radius 3 is 2.87 bits per heavy atom. The molecule has 0 bridgehead atoms. The van der Waals surface area contributed by atoms with Crippen molar-refractivity contribution in [1.29, 1.82) is 0 Å². The highest BCUT2D eigenvalue weighted by molar-refractivity contribution is 5.49. The predicted octanol–water partition coefficient (Wildman–Crippen LogP) is 3.12. The summed E-state index contributed by atoms with van der Waals surface area (Å²) in [6.07, 6.45) is 7.49. The van der Waals surface area contributed by atoms with Gasteiger partial charge in [-0.1, -0.05) is 0 Å². The molecule has 1 atom stereocenters. The maximum Gasteiger partial charge on any atom is 0.142 e. The second-order valence-electron chi connectivity index (χ2n) is 5.92. The van der Waals surface area contributed by atoms with Crippen LogP contribution in [0.1, 0.15) is 43.1 Å². The van der Waals surface area contributed by atoms with Crippen molar-refractivity contribution in [2.24, 2.45) is 0 Å². The summed E-state index contributed by atoms with van der Waals surface area (Å²) >= 11 is 0. The molecule has 6 nitrogen and oxygen atoms in total. The van der Waals surface area contributed by atoms with Gasteiger partial charge in [-0.15, -0.1) is 0 Å². The van der Waals surface area contributed by atoms with Gasteiger partial charge >= 0.3 is 0 Å². The number of nitrogens with zero attached hydrogens (tertiary/aromatic N) is 3. The topological polar surface area (TPSA) is 61.2 Å². The number of hydrogen-bond donors (Lipinski definition) is 1. The van der Waals surface area contributed by atoms with E-state index in [0.29, 0.717) is 6.04 Å². The van der Waals surface area contributed by atoms with Crippen molar-refractivity contribution in [2.75, 3.05) is 25.6 Å². The van der Waals surface area contributed by atoms with Crippen molar-refractivity contribution >= 4 is 5.69 Å². The maximum atomic E-state index is 5.44. The van der Waals surface area contributed by atoms with E-state index in [4.69, 9.17) is 9.47 Å². The lowest BCUT2D eigenvalue weighted by Gasteiger charge is -2.24. The molecule has 1 saturated heterocycles. The monoisotopic (exact) mass is 316 g/mol. The van der Waals surface area contributed by atoms with E-state index < -0.39 is 0 Å². The van der Waals surface area contributed by atoms with Gasteiger partial charge in [0.2, 0.25) is 0 Å². The van der Waals surface area contributed by atoms with Crippen LogP contribution in [0, 0.1) is 6.92 Å². The molecule has 1 aliphatic rings. The molecule has 124 valence electrons. The molecular weight excluding hydrogens is 292 g/mol. The van der Waals surface area contributed by atoms with Gasteiger partial charge in [-0.2, -0.15) is 5.10 Å². The number of rotatable bonds is 5. The fourth-order valence-electron chi connectivity index (χ4n) is 3.09. The summed E-state index contributed by atoms with van der Waals surface area (Å²) in [5.74, 6) is 0.793. The fraction of sp³-hybridized carbons (Fsp3) is 0.529. The molecule has 0 aromatic carbocycles. The highest BCUT2D eigenvalue weighted by Gasteiger charge is 2.20. The molecule has 1 fully saturated rings. The van der Waals surface area contributed by atoms with E-state index in [1.807, 2.05) is 12.3 Å². The molecule has 1 N–H and O–H groups in total. The SMILES string of the molecule is COc1cnccc1C(C)Nc1cnn(C2CCOCC2)c1C. The van der Waals surface area contributed by atoms with Crippen molar-refractivity contribution in [3.8, 4) is 5.75 Å². The number of anilines is 1. The van der Waals surface area contributed by atoms with Crippen LogP contribution in [-0.2, 0) is 4.74 Å². The van der Waals surface area contributed by atoms with Crippen molar-refractivity contribution in [2.45, 2.75) is 38.8 Å². The standard InChI is InChI=1S/C17H24N4O2/c1-12(15-4-7-18-11-17(15)22-3)20-16-10-19-21(13(16)2)14-5-8-23-9-6-14/h4,7,10-12,14,20H,5-6,8-9H2,1-3H3. The maximum absolute atomic E-state index is 5.44. The van der Waals surface area contributed by atoms with Crippen LogP contribution in [0.3, 0.4) is 0 Å². The summed E-state index contributed by atoms with van der Waals surface area (Å²) < 4.78 is 13.0. The van der Waals surface area contributed by atoms with Crippen molar-refractivity contribution in [3.63, 3.8) is 0 Å². The Morgan fingerprint density at radius 1 is 1.35 bits per heavy atom. The fourth-order valence-corrected chi connectivity index (χ4v) is 3.09. The minimum absolute atomic E-state index is 0.110. The smallest absolute Gasteiger partial charge is 0.142 e. The third kappa shape index (κ3) is 3.32. The molecule has 3 rings (SSSR count). The minimum Gasteiger partial charge on any atom is -0.495 e. The molecule has 2 aromatic rings. The molecule has 1 aliphatic heterocycles. The van der Waals surface area contributed by atoms with Gasteiger partial charge in [0.1, 0.15) is 5.75 Å². The number of pyridine rings is 1. The first-order valence-electron chi connectivity index (χ1n) is 8.07. The van der Waals surface area contributed by atoms with E-state index >= 15 is 0 Å². The Kier molecular flexibility index (Phi) is 4.81. The van der Waals surface area contributed by atoms with E-state index in [9.17, 15) is 0 Å². The molecule has 1 unspecified atom stereocenters. The second kappa shape index (κ2) is 7.00. The molecular formula is C17H24N4O2. The average Bonchev–Trinajstić information content (AvgIpc) is 2.96. The first kappa shape index (κ1) is 15.8. The predicted molar refractivity (Wildman–Crippen MR) is 88.9 cm³/mol. The van der Waals surface area contributed by atoms with Crippen molar-refractivity contribution in [3.05, 3.63) is 35.9 Å². The van der Waals surface area contributed by atoms with Crippen LogP contribution in [0.4, 0.5) is 5.69 Å². The zero-order chi connectivity index (χ0) is 16.2. The Hall–Kier alpha value is -2.08. The van der Waals surface area contributed by atoms with Gasteiger partial charge in [0.05, 0.1) is 43.0 Å². The number of ether oxygens (including phenoxy) is 2. The first-order chi connectivity index (χ1) is 11.2. The lowest BCUT2D eigenvalue weighted by Crippen LogP contribution is -2.21. The Bertz CT molecular complexity index is 650. The molecule has 3 heterocycles. The highest BCUT2D eigenvalue weighted by atomic mass is 16.5. The number of methoxy groups -OCH3 is 1. The van der Waals surface area contributed by atoms with E-state index in [1.165, 1.54) is 0 Å². The molecule has 0 radical (unpaired) electrons. The van der Waals surface area contributed by atoms with Crippen LogP contribution in [0.15, 0.2) is 24.7 Å². The van der Waals surface area contributed by atoms with Gasteiger partial charge in [0.25, 0.3) is 0 Å². The van der Waals surface area contributed by atoms with Gasteiger partial charge in [0, 0.05) is 25.0 Å². The van der Waals surface area contributed by atoms with Crippen molar-refractivity contribution in [1.82, 2.24) is 14.8 Å². The van der Waals surface area contributed by atoms with Crippen LogP contribution < -0.4 is 10.1 Å². The minimum atomic E-state index is 0.110. The normalized spacial score (nSPS) is 17.0. The number of hydrogen-bond acceptors (Lipinski definition) is 5. The van der Waals surface area contributed by atoms with Gasteiger partial charge in [-0.25, -0.2) is 0 Å². The third-order valence-electron chi connectivity index (χ3n) is 4.46. The van der Waals surface area contributed by atoms with Gasteiger partial charge in [-0.05, 0) is 32.8 Å². The van der Waals surface area contributed by atoms with E-state index in [2.05, 4.69) is 33.9 Å². The summed E-state index contributed by atoms with van der Waals surface area (Å²) in [6, 6.07) is 2.53. The van der Waals surface area contributed by atoms with Crippen LogP contribution in [-0.4, -0.2) is 35.1 Å². The van der Waals surface area contributed by atoms with Gasteiger partial charge in [-0.3, -0.25) is 9.67 Å². The Labute approximate surface area is 136 Å². The summed E-state index contributed by atoms with van der Waals surface area (Å²) in [5.41, 5.74) is 3.31. The quantitative estimate of drug-likeness (QED) is 0.918. The number of aromatic nitrogens is 3. The van der Waals surface area contributed by atoms with Crippen LogP contribution in [0.2, 0.25) is 0 Å². The van der Waals surface area contributed by atoms with Crippen LogP contribution >= 0.6 is 0 Å². The molecule has 2 aromatic heterocycles. The zero-order valence-corrected chi connectivity index (χ0v) is 14.0. The molecule has 0 aliphatic carbocycles. The first-order valence-corrected chi connectivity index (χ1v) is 8.07. The summed E-state index contributed by atoms with van der Waals surface area (Å²) in [5, 5.41) is 8.12. The van der Waals surface area contributed by atoms with Crippen LogP contribution in [0.5, 0.6) is 5.75 Å². The number of nitrogens with one attached hydrogen (secondary N) is 1.